The summed E-state index contributed by atoms with van der Waals surface area (Å²) in [7, 11) is 0. The molecule has 31 heavy (non-hydrogen) atoms. The molecule has 6 nitrogen and oxygen atoms in total. The van der Waals surface area contributed by atoms with Crippen molar-refractivity contribution in [2.24, 2.45) is 0 Å². The number of carbonyl (C=O) groups is 1. The fourth-order valence-electron chi connectivity index (χ4n) is 4.47. The molecule has 0 radical (unpaired) electrons. The summed E-state index contributed by atoms with van der Waals surface area (Å²) in [6, 6.07) is 19.6. The first-order chi connectivity index (χ1) is 15.1. The van der Waals surface area contributed by atoms with Gasteiger partial charge in [0.25, 0.3) is 5.91 Å². The maximum Gasteiger partial charge on any atom is 0.278 e. The van der Waals surface area contributed by atoms with E-state index in [0.717, 1.165) is 24.0 Å². The molecule has 2 bridgehead atoms. The van der Waals surface area contributed by atoms with Gasteiger partial charge >= 0.3 is 0 Å². The van der Waals surface area contributed by atoms with Gasteiger partial charge in [0.1, 0.15) is 6.67 Å². The summed E-state index contributed by atoms with van der Waals surface area (Å²) in [5.41, 5.74) is 2.89. The zero-order valence-corrected chi connectivity index (χ0v) is 17.0. The van der Waals surface area contributed by atoms with E-state index in [-0.39, 0.29) is 17.6 Å². The molecule has 2 aromatic carbocycles. The highest BCUT2D eigenvalue weighted by atomic mass is 16.3. The van der Waals surface area contributed by atoms with E-state index in [4.69, 9.17) is 0 Å². The van der Waals surface area contributed by atoms with Gasteiger partial charge in [-0.1, -0.05) is 66.7 Å². The van der Waals surface area contributed by atoms with E-state index >= 15 is 0 Å². The van der Waals surface area contributed by atoms with Crippen LogP contribution in [-0.4, -0.2) is 33.8 Å². The average molecular weight is 413 g/mol. The number of aromatic hydroxyl groups is 1. The van der Waals surface area contributed by atoms with Crippen molar-refractivity contribution >= 4 is 5.91 Å². The lowest BCUT2D eigenvalue weighted by Crippen LogP contribution is -2.55. The topological polar surface area (TPSA) is 65.8 Å². The van der Waals surface area contributed by atoms with Gasteiger partial charge in [-0.25, -0.2) is 0 Å². The highest BCUT2D eigenvalue weighted by molar-refractivity contribution is 5.96. The number of fused-ring (bicyclic) bond motifs is 5. The van der Waals surface area contributed by atoms with Crippen molar-refractivity contribution < 1.29 is 9.90 Å². The highest BCUT2D eigenvalue weighted by Crippen LogP contribution is 2.34. The van der Waals surface area contributed by atoms with E-state index in [1.807, 2.05) is 41.4 Å². The zero-order valence-electron chi connectivity index (χ0n) is 17.0. The van der Waals surface area contributed by atoms with Crippen molar-refractivity contribution in [3.05, 3.63) is 112 Å². The lowest BCUT2D eigenvalue weighted by molar-refractivity contribution is 0.0701. The minimum absolute atomic E-state index is 0.00445. The summed E-state index contributed by atoms with van der Waals surface area (Å²) in [6.07, 6.45) is 7.41. The molecule has 1 atom stereocenters. The van der Waals surface area contributed by atoms with Gasteiger partial charge in [-0.2, -0.15) is 0 Å². The van der Waals surface area contributed by atoms with Crippen LogP contribution in [0.3, 0.4) is 0 Å². The van der Waals surface area contributed by atoms with Crippen molar-refractivity contribution in [1.82, 2.24) is 9.58 Å². The molecule has 0 saturated carbocycles. The van der Waals surface area contributed by atoms with Gasteiger partial charge in [-0.05, 0) is 29.5 Å². The summed E-state index contributed by atoms with van der Waals surface area (Å²) in [6.45, 7) is 0.738. The molecule has 0 spiro atoms. The Balaban J connectivity index is 1.80. The summed E-state index contributed by atoms with van der Waals surface area (Å²) in [5.74, 6) is -0.864. The number of amides is 1. The Kier molecular flexibility index (Phi) is 4.82. The Morgan fingerprint density at radius 2 is 1.68 bits per heavy atom. The van der Waals surface area contributed by atoms with E-state index in [2.05, 4.69) is 30.3 Å². The largest absolute Gasteiger partial charge is 0.502 e. The summed E-state index contributed by atoms with van der Waals surface area (Å²) in [4.78, 5) is 27.0. The molecule has 156 valence electrons. The van der Waals surface area contributed by atoms with Crippen molar-refractivity contribution in [2.75, 3.05) is 18.2 Å². The van der Waals surface area contributed by atoms with E-state index in [1.54, 1.807) is 15.8 Å². The number of hydrogen-bond acceptors (Lipinski definition) is 4. The first-order valence-electron chi connectivity index (χ1n) is 10.4. The molecular weight excluding hydrogens is 390 g/mol. The number of rotatable bonds is 1. The van der Waals surface area contributed by atoms with E-state index in [1.165, 1.54) is 11.6 Å². The minimum atomic E-state index is -0.557. The van der Waals surface area contributed by atoms with Gasteiger partial charge in [0.15, 0.2) is 11.4 Å². The van der Waals surface area contributed by atoms with Crippen LogP contribution < -0.4 is 10.4 Å². The second kappa shape index (κ2) is 7.80. The number of benzene rings is 2. The van der Waals surface area contributed by atoms with Crippen molar-refractivity contribution in [2.45, 2.75) is 18.9 Å². The molecule has 3 heterocycles. The average Bonchev–Trinajstić information content (AvgIpc) is 2.82. The molecule has 5 rings (SSSR count). The van der Waals surface area contributed by atoms with Crippen molar-refractivity contribution in [3.63, 3.8) is 0 Å². The molecule has 0 saturated heterocycles. The molecule has 0 unspecified atom stereocenters. The van der Waals surface area contributed by atoms with Gasteiger partial charge < -0.3 is 10.0 Å². The Labute approximate surface area is 180 Å². The third-order valence-corrected chi connectivity index (χ3v) is 5.97. The predicted octanol–water partition coefficient (Wildman–Crippen LogP) is 3.20. The smallest absolute Gasteiger partial charge is 0.278 e. The Bertz CT molecular complexity index is 1220. The SMILES string of the molecule is O=C1c2c(O)c(=O)ccn2N2CN1C/C=C\CCc1ccccc1[C@H]2c1ccccc1. The fourth-order valence-corrected chi connectivity index (χ4v) is 4.47. The van der Waals surface area contributed by atoms with Crippen LogP contribution in [0.2, 0.25) is 0 Å². The van der Waals surface area contributed by atoms with Crippen LogP contribution in [0.25, 0.3) is 0 Å². The maximum atomic E-state index is 13.2. The molecule has 6 heteroatoms. The molecule has 0 fully saturated rings. The van der Waals surface area contributed by atoms with Gasteiger partial charge in [0.05, 0.1) is 6.04 Å². The van der Waals surface area contributed by atoms with Gasteiger partial charge in [-0.15, -0.1) is 0 Å². The zero-order chi connectivity index (χ0) is 21.4. The van der Waals surface area contributed by atoms with Crippen LogP contribution in [-0.2, 0) is 6.42 Å². The van der Waals surface area contributed by atoms with Gasteiger partial charge in [-0.3, -0.25) is 19.3 Å². The standard InChI is InChI=1S/C25H23N3O3/c29-21-14-16-27-23(24(21)30)25(31)26-15-8-2-5-9-18-10-6-7-13-20(18)22(28(27)17-26)19-11-3-1-4-12-19/h1-4,6-8,10-14,16,22,30H,5,9,15,17H2/b8-2-/t22-/m1/s1. The van der Waals surface area contributed by atoms with Crippen molar-refractivity contribution in [3.8, 4) is 5.75 Å². The second-order valence-electron chi connectivity index (χ2n) is 7.85. The number of hydrogen-bond donors (Lipinski definition) is 1. The second-order valence-corrected chi connectivity index (χ2v) is 7.85. The van der Waals surface area contributed by atoms with Gasteiger partial charge in [0.2, 0.25) is 5.43 Å². The molecule has 1 amide bonds. The van der Waals surface area contributed by atoms with Crippen LogP contribution in [0, 0.1) is 0 Å². The van der Waals surface area contributed by atoms with Gasteiger partial charge in [0, 0.05) is 18.8 Å². The summed E-state index contributed by atoms with van der Waals surface area (Å²) < 4.78 is 1.64. The summed E-state index contributed by atoms with van der Waals surface area (Å²) >= 11 is 0. The Morgan fingerprint density at radius 3 is 2.52 bits per heavy atom. The number of carbonyl (C=O) groups excluding carboxylic acids is 1. The molecule has 2 aliphatic rings. The van der Waals surface area contributed by atoms with Crippen LogP contribution in [0.15, 0.2) is 83.8 Å². The van der Waals surface area contributed by atoms with Crippen molar-refractivity contribution in [1.29, 1.82) is 0 Å². The predicted molar refractivity (Wildman–Crippen MR) is 119 cm³/mol. The third-order valence-electron chi connectivity index (χ3n) is 5.97. The maximum absolute atomic E-state index is 13.2. The first kappa shape index (κ1) is 19.2. The number of aromatic nitrogens is 1. The monoisotopic (exact) mass is 413 g/mol. The summed E-state index contributed by atoms with van der Waals surface area (Å²) in [5, 5.41) is 12.6. The molecule has 1 N–H and O–H groups in total. The number of allylic oxidation sites excluding steroid dienone is 1. The fraction of sp³-hybridized carbons (Fsp3) is 0.200. The highest BCUT2D eigenvalue weighted by Gasteiger charge is 2.36. The van der Waals surface area contributed by atoms with Crippen LogP contribution >= 0.6 is 0 Å². The first-order valence-corrected chi connectivity index (χ1v) is 10.4. The van der Waals surface area contributed by atoms with Crippen LogP contribution in [0.1, 0.15) is 39.6 Å². The Hall–Kier alpha value is -3.80. The number of pyridine rings is 1. The molecule has 3 aromatic rings. The normalized spacial score (nSPS) is 19.2. The minimum Gasteiger partial charge on any atom is -0.502 e. The third kappa shape index (κ3) is 3.30. The molecular formula is C25H23N3O3. The van der Waals surface area contributed by atoms with E-state index in [0.29, 0.717) is 13.2 Å². The lowest BCUT2D eigenvalue weighted by Gasteiger charge is -2.44. The van der Waals surface area contributed by atoms with E-state index in [9.17, 15) is 14.7 Å². The molecule has 1 aromatic heterocycles. The lowest BCUT2D eigenvalue weighted by atomic mass is 9.92. The molecule has 2 aliphatic heterocycles. The van der Waals surface area contributed by atoms with Crippen LogP contribution in [0.4, 0.5) is 0 Å². The number of nitrogens with zero attached hydrogens (tertiary/aromatic N) is 3. The van der Waals surface area contributed by atoms with Crippen LogP contribution in [0.5, 0.6) is 5.75 Å². The van der Waals surface area contributed by atoms with E-state index < -0.39 is 11.2 Å². The number of aryl methyl sites for hydroxylation is 1. The quantitative estimate of drug-likeness (QED) is 0.623. The Morgan fingerprint density at radius 1 is 0.903 bits per heavy atom. The molecule has 0 aliphatic carbocycles.